The first-order chi connectivity index (χ1) is 7.90. The van der Waals surface area contributed by atoms with E-state index in [9.17, 15) is 0 Å². The summed E-state index contributed by atoms with van der Waals surface area (Å²) in [6.45, 7) is 1.56. The van der Waals surface area contributed by atoms with Gasteiger partial charge in [0.15, 0.2) is 0 Å². The number of nitrogens with one attached hydrogen (secondary N) is 1. The van der Waals surface area contributed by atoms with Gasteiger partial charge in [0.25, 0.3) is 0 Å². The van der Waals surface area contributed by atoms with Gasteiger partial charge in [-0.25, -0.2) is 0 Å². The van der Waals surface area contributed by atoms with Gasteiger partial charge >= 0.3 is 0 Å². The molecule has 1 aliphatic carbocycles. The fraction of sp³-hybridized carbons (Fsp3) is 0.571. The lowest BCUT2D eigenvalue weighted by atomic mass is 9.80. The van der Waals surface area contributed by atoms with Gasteiger partial charge in [-0.3, -0.25) is 0 Å². The summed E-state index contributed by atoms with van der Waals surface area (Å²) in [4.78, 5) is 0. The van der Waals surface area contributed by atoms with Crippen LogP contribution < -0.4 is 5.32 Å². The molecule has 1 atom stereocenters. The minimum absolute atomic E-state index is 0.539. The second-order valence-electron chi connectivity index (χ2n) is 4.59. The van der Waals surface area contributed by atoms with Gasteiger partial charge < -0.3 is 10.1 Å². The van der Waals surface area contributed by atoms with Gasteiger partial charge in [-0.2, -0.15) is 0 Å². The molecular weight excluding hydrogens is 198 g/mol. The van der Waals surface area contributed by atoms with Crippen molar-refractivity contribution in [1.82, 2.24) is 5.32 Å². The standard InChI is InChI=1S/C14H21NO/c1-15-14(13-8-5-9-13)11-16-10-12-6-3-2-4-7-12/h2-4,6-7,13-15H,5,8-11H2,1H3. The molecule has 1 aliphatic rings. The van der Waals surface area contributed by atoms with Crippen molar-refractivity contribution in [2.75, 3.05) is 13.7 Å². The highest BCUT2D eigenvalue weighted by Gasteiger charge is 2.25. The van der Waals surface area contributed by atoms with Gasteiger partial charge in [-0.1, -0.05) is 36.8 Å². The van der Waals surface area contributed by atoms with Crippen LogP contribution in [0.5, 0.6) is 0 Å². The van der Waals surface area contributed by atoms with Crippen LogP contribution in [0.1, 0.15) is 24.8 Å². The first-order valence-corrected chi connectivity index (χ1v) is 6.19. The molecule has 1 saturated carbocycles. The van der Waals surface area contributed by atoms with Crippen LogP contribution in [-0.2, 0) is 11.3 Å². The van der Waals surface area contributed by atoms with Crippen LogP contribution >= 0.6 is 0 Å². The predicted molar refractivity (Wildman–Crippen MR) is 66.3 cm³/mol. The number of hydrogen-bond donors (Lipinski definition) is 1. The maximum absolute atomic E-state index is 5.77. The summed E-state index contributed by atoms with van der Waals surface area (Å²) in [6, 6.07) is 10.9. The summed E-state index contributed by atoms with van der Waals surface area (Å²) in [6.07, 6.45) is 4.11. The van der Waals surface area contributed by atoms with E-state index in [-0.39, 0.29) is 0 Å². The molecule has 2 heteroatoms. The molecule has 0 saturated heterocycles. The van der Waals surface area contributed by atoms with Crippen molar-refractivity contribution >= 4 is 0 Å². The SMILES string of the molecule is CNC(COCc1ccccc1)C1CCC1. The molecule has 0 spiro atoms. The zero-order valence-corrected chi connectivity index (χ0v) is 9.99. The Labute approximate surface area is 98.0 Å². The van der Waals surface area contributed by atoms with E-state index in [0.717, 1.165) is 19.1 Å². The molecule has 0 heterocycles. The van der Waals surface area contributed by atoms with Gasteiger partial charge in [0, 0.05) is 6.04 Å². The first-order valence-electron chi connectivity index (χ1n) is 6.19. The maximum Gasteiger partial charge on any atom is 0.0717 e. The minimum Gasteiger partial charge on any atom is -0.375 e. The molecule has 2 nitrogen and oxygen atoms in total. The molecule has 1 fully saturated rings. The van der Waals surface area contributed by atoms with Crippen LogP contribution in [0.25, 0.3) is 0 Å². The predicted octanol–water partition coefficient (Wildman–Crippen LogP) is 2.59. The Morgan fingerprint density at radius 2 is 2.06 bits per heavy atom. The molecule has 0 bridgehead atoms. The number of likely N-dealkylation sites (N-methyl/N-ethyl adjacent to an activating group) is 1. The van der Waals surface area contributed by atoms with Crippen LogP contribution in [0, 0.1) is 5.92 Å². The van der Waals surface area contributed by atoms with E-state index >= 15 is 0 Å². The third kappa shape index (κ3) is 3.06. The lowest BCUT2D eigenvalue weighted by molar-refractivity contribution is 0.0676. The normalized spacial score (nSPS) is 18.1. The van der Waals surface area contributed by atoms with Gasteiger partial charge in [-0.05, 0) is 31.4 Å². The first kappa shape index (κ1) is 11.6. The van der Waals surface area contributed by atoms with E-state index in [1.54, 1.807) is 0 Å². The summed E-state index contributed by atoms with van der Waals surface area (Å²) < 4.78 is 5.77. The number of hydrogen-bond acceptors (Lipinski definition) is 2. The molecular formula is C14H21NO. The van der Waals surface area contributed by atoms with Crippen molar-refractivity contribution in [3.63, 3.8) is 0 Å². The van der Waals surface area contributed by atoms with E-state index in [1.165, 1.54) is 24.8 Å². The largest absolute Gasteiger partial charge is 0.375 e. The van der Waals surface area contributed by atoms with Crippen LogP contribution in [0.2, 0.25) is 0 Å². The summed E-state index contributed by atoms with van der Waals surface area (Å²) in [7, 11) is 2.04. The second kappa shape index (κ2) is 6.02. The van der Waals surface area contributed by atoms with E-state index in [4.69, 9.17) is 4.74 Å². The molecule has 1 unspecified atom stereocenters. The fourth-order valence-corrected chi connectivity index (χ4v) is 2.18. The highest BCUT2D eigenvalue weighted by Crippen LogP contribution is 2.29. The Morgan fingerprint density at radius 1 is 1.31 bits per heavy atom. The zero-order chi connectivity index (χ0) is 11.2. The minimum atomic E-state index is 0.539. The summed E-state index contributed by atoms with van der Waals surface area (Å²) in [5.74, 6) is 0.834. The molecule has 1 N–H and O–H groups in total. The van der Waals surface area contributed by atoms with Crippen molar-refractivity contribution < 1.29 is 4.74 Å². The monoisotopic (exact) mass is 219 g/mol. The summed E-state index contributed by atoms with van der Waals surface area (Å²) in [5.41, 5.74) is 1.26. The highest BCUT2D eigenvalue weighted by molar-refractivity contribution is 5.13. The second-order valence-corrected chi connectivity index (χ2v) is 4.59. The van der Waals surface area contributed by atoms with Crippen LogP contribution in [0.15, 0.2) is 30.3 Å². The van der Waals surface area contributed by atoms with Gasteiger partial charge in [0.1, 0.15) is 0 Å². The number of rotatable bonds is 6. The number of benzene rings is 1. The van der Waals surface area contributed by atoms with Crippen LogP contribution in [-0.4, -0.2) is 19.7 Å². The molecule has 16 heavy (non-hydrogen) atoms. The summed E-state index contributed by atoms with van der Waals surface area (Å²) >= 11 is 0. The Morgan fingerprint density at radius 3 is 2.62 bits per heavy atom. The van der Waals surface area contributed by atoms with E-state index in [0.29, 0.717) is 6.04 Å². The Hall–Kier alpha value is -0.860. The van der Waals surface area contributed by atoms with Crippen LogP contribution in [0.3, 0.4) is 0 Å². The summed E-state index contributed by atoms with van der Waals surface area (Å²) in [5, 5.41) is 3.37. The molecule has 88 valence electrons. The molecule has 0 amide bonds. The molecule has 1 aromatic carbocycles. The molecule has 0 radical (unpaired) electrons. The van der Waals surface area contributed by atoms with Crippen LogP contribution in [0.4, 0.5) is 0 Å². The number of ether oxygens (including phenoxy) is 1. The average molecular weight is 219 g/mol. The maximum atomic E-state index is 5.77. The Bertz CT molecular complexity index is 295. The smallest absolute Gasteiger partial charge is 0.0717 e. The van der Waals surface area contributed by atoms with E-state index in [1.807, 2.05) is 13.1 Å². The van der Waals surface area contributed by atoms with Crippen molar-refractivity contribution in [3.05, 3.63) is 35.9 Å². The molecule has 0 aliphatic heterocycles. The Balaban J connectivity index is 1.70. The third-order valence-electron chi connectivity index (χ3n) is 3.50. The highest BCUT2D eigenvalue weighted by atomic mass is 16.5. The Kier molecular flexibility index (Phi) is 4.37. The quantitative estimate of drug-likeness (QED) is 0.794. The zero-order valence-electron chi connectivity index (χ0n) is 9.99. The van der Waals surface area contributed by atoms with Crippen molar-refractivity contribution in [3.8, 4) is 0 Å². The topological polar surface area (TPSA) is 21.3 Å². The fourth-order valence-electron chi connectivity index (χ4n) is 2.18. The van der Waals surface area contributed by atoms with Crippen molar-refractivity contribution in [1.29, 1.82) is 0 Å². The van der Waals surface area contributed by atoms with E-state index < -0.39 is 0 Å². The lowest BCUT2D eigenvalue weighted by Gasteiger charge is -2.33. The molecule has 2 rings (SSSR count). The lowest BCUT2D eigenvalue weighted by Crippen LogP contribution is -2.40. The van der Waals surface area contributed by atoms with Gasteiger partial charge in [-0.15, -0.1) is 0 Å². The molecule has 0 aromatic heterocycles. The van der Waals surface area contributed by atoms with Gasteiger partial charge in [0.05, 0.1) is 13.2 Å². The van der Waals surface area contributed by atoms with Crippen molar-refractivity contribution in [2.45, 2.75) is 31.9 Å². The van der Waals surface area contributed by atoms with Gasteiger partial charge in [0.2, 0.25) is 0 Å². The molecule has 1 aromatic rings. The van der Waals surface area contributed by atoms with Crippen molar-refractivity contribution in [2.24, 2.45) is 5.92 Å². The average Bonchev–Trinajstić information content (AvgIpc) is 2.26. The third-order valence-corrected chi connectivity index (χ3v) is 3.50. The van der Waals surface area contributed by atoms with E-state index in [2.05, 4.69) is 29.6 Å².